The Kier molecular flexibility index (Phi) is 6.13. The first-order valence-electron chi connectivity index (χ1n) is 9.91. The van der Waals surface area contributed by atoms with Crippen molar-refractivity contribution in [2.75, 3.05) is 6.61 Å². The second kappa shape index (κ2) is 9.14. The van der Waals surface area contributed by atoms with Gasteiger partial charge in [0.15, 0.2) is 18.8 Å². The van der Waals surface area contributed by atoms with Crippen LogP contribution in [0.15, 0.2) is 64.9 Å². The van der Waals surface area contributed by atoms with Crippen LogP contribution in [0.25, 0.3) is 11.3 Å². The Morgan fingerprint density at radius 2 is 1.97 bits per heavy atom. The number of aryl methyl sites for hydroxylation is 2. The maximum atomic E-state index is 12.7. The summed E-state index contributed by atoms with van der Waals surface area (Å²) in [5.41, 5.74) is 3.69. The van der Waals surface area contributed by atoms with Gasteiger partial charge in [0, 0.05) is 33.9 Å². The lowest BCUT2D eigenvalue weighted by Crippen LogP contribution is -2.15. The lowest BCUT2D eigenvalue weighted by atomic mass is 10.1. The van der Waals surface area contributed by atoms with Gasteiger partial charge in [-0.25, -0.2) is 9.78 Å². The summed E-state index contributed by atoms with van der Waals surface area (Å²) < 4.78 is 12.6. The molecule has 4 aromatic rings. The van der Waals surface area contributed by atoms with E-state index in [1.54, 1.807) is 41.8 Å². The van der Waals surface area contributed by atoms with Gasteiger partial charge in [-0.15, -0.1) is 11.3 Å². The van der Waals surface area contributed by atoms with E-state index in [2.05, 4.69) is 21.0 Å². The maximum absolute atomic E-state index is 12.7. The van der Waals surface area contributed by atoms with E-state index in [0.717, 1.165) is 29.9 Å². The van der Waals surface area contributed by atoms with Crippen LogP contribution in [0.1, 0.15) is 37.0 Å². The molecule has 0 saturated carbocycles. The van der Waals surface area contributed by atoms with Gasteiger partial charge >= 0.3 is 5.97 Å². The summed E-state index contributed by atoms with van der Waals surface area (Å²) in [5.74, 6) is -0.129. The average Bonchev–Trinajstić information content (AvgIpc) is 3.54. The predicted octanol–water partition coefficient (Wildman–Crippen LogP) is 5.10. The van der Waals surface area contributed by atoms with Crippen LogP contribution in [-0.4, -0.2) is 27.9 Å². The maximum Gasteiger partial charge on any atom is 0.338 e. The van der Waals surface area contributed by atoms with Crippen molar-refractivity contribution in [3.63, 3.8) is 0 Å². The third-order valence-electron chi connectivity index (χ3n) is 5.21. The minimum atomic E-state index is -0.538. The van der Waals surface area contributed by atoms with Gasteiger partial charge in [-0.3, -0.25) is 4.79 Å². The fourth-order valence-corrected chi connectivity index (χ4v) is 4.22. The third-order valence-corrected chi connectivity index (χ3v) is 6.14. The molecule has 0 fully saturated rings. The molecule has 0 aliphatic heterocycles. The molecule has 3 aromatic heterocycles. The van der Waals surface area contributed by atoms with Crippen molar-refractivity contribution in [2.24, 2.45) is 0 Å². The number of hydrogen-bond donors (Lipinski definition) is 0. The zero-order chi connectivity index (χ0) is 21.8. The number of Topliss-reactive ketones (excluding diaryl/α,β-unsaturated/α-hetero) is 1. The van der Waals surface area contributed by atoms with Crippen molar-refractivity contribution in [3.05, 3.63) is 87.8 Å². The molecule has 1 aromatic carbocycles. The largest absolute Gasteiger partial charge is 0.454 e. The van der Waals surface area contributed by atoms with Crippen molar-refractivity contribution in [2.45, 2.75) is 26.8 Å². The highest BCUT2D eigenvalue weighted by atomic mass is 32.1. The smallest absolute Gasteiger partial charge is 0.338 e. The lowest BCUT2D eigenvalue weighted by molar-refractivity contribution is 0.0474. The average molecular weight is 435 g/mol. The van der Waals surface area contributed by atoms with Crippen molar-refractivity contribution < 1.29 is 18.7 Å². The minimum Gasteiger partial charge on any atom is -0.454 e. The number of carbonyl (C=O) groups excluding carboxylic acids is 2. The minimum absolute atomic E-state index is 0.206. The SMILES string of the molecule is Cc1cc(C(=O)COC(=O)c2ccc(-c3cnco3)cc2)c(C)n1CCc1cccs1. The van der Waals surface area contributed by atoms with Crippen molar-refractivity contribution in [3.8, 4) is 11.3 Å². The number of aromatic nitrogens is 2. The van der Waals surface area contributed by atoms with E-state index < -0.39 is 5.97 Å². The van der Waals surface area contributed by atoms with Crippen LogP contribution in [-0.2, 0) is 17.7 Å². The van der Waals surface area contributed by atoms with Crippen LogP contribution < -0.4 is 0 Å². The van der Waals surface area contributed by atoms with Gasteiger partial charge in [0.05, 0.1) is 11.8 Å². The highest BCUT2D eigenvalue weighted by Gasteiger charge is 2.18. The molecule has 158 valence electrons. The van der Waals surface area contributed by atoms with E-state index in [-0.39, 0.29) is 12.4 Å². The molecule has 4 rings (SSSR count). The molecule has 0 N–H and O–H groups in total. The molecule has 0 amide bonds. The van der Waals surface area contributed by atoms with E-state index >= 15 is 0 Å². The number of nitrogens with zero attached hydrogens (tertiary/aromatic N) is 2. The summed E-state index contributed by atoms with van der Waals surface area (Å²) in [6.45, 7) is 4.43. The van der Waals surface area contributed by atoms with Gasteiger partial charge in [0.2, 0.25) is 5.78 Å². The Bertz CT molecular complexity index is 1170. The van der Waals surface area contributed by atoms with Gasteiger partial charge in [0.25, 0.3) is 0 Å². The Labute approximate surface area is 184 Å². The Morgan fingerprint density at radius 3 is 2.65 bits per heavy atom. The van der Waals surface area contributed by atoms with E-state index in [9.17, 15) is 9.59 Å². The molecule has 0 bridgehead atoms. The summed E-state index contributed by atoms with van der Waals surface area (Å²) in [7, 11) is 0. The molecule has 0 aliphatic carbocycles. The monoisotopic (exact) mass is 434 g/mol. The number of ether oxygens (including phenoxy) is 1. The normalized spacial score (nSPS) is 10.9. The summed E-state index contributed by atoms with van der Waals surface area (Å²) in [5, 5.41) is 2.07. The number of esters is 1. The fraction of sp³-hybridized carbons (Fsp3) is 0.208. The molecule has 0 atom stereocenters. The molecule has 3 heterocycles. The number of ketones is 1. The molecule has 0 radical (unpaired) electrons. The molecule has 0 aliphatic rings. The van der Waals surface area contributed by atoms with Gasteiger partial charge in [-0.1, -0.05) is 18.2 Å². The number of rotatable bonds is 8. The second-order valence-electron chi connectivity index (χ2n) is 7.21. The Hall–Kier alpha value is -3.45. The highest BCUT2D eigenvalue weighted by molar-refractivity contribution is 7.09. The molecule has 0 spiro atoms. The van der Waals surface area contributed by atoms with Crippen LogP contribution in [0.3, 0.4) is 0 Å². The molecule has 6 nitrogen and oxygen atoms in total. The number of carbonyl (C=O) groups is 2. The van der Waals surface area contributed by atoms with Crippen LogP contribution in [0, 0.1) is 13.8 Å². The fourth-order valence-electron chi connectivity index (χ4n) is 3.53. The van der Waals surface area contributed by atoms with Crippen LogP contribution in [0.2, 0.25) is 0 Å². The molecular formula is C24H22N2O4S. The molecule has 7 heteroatoms. The van der Waals surface area contributed by atoms with Crippen LogP contribution in [0.5, 0.6) is 0 Å². The first-order valence-corrected chi connectivity index (χ1v) is 10.8. The first kappa shape index (κ1) is 20.8. The standard InChI is InChI=1S/C24H22N2O4S/c1-16-12-21(17(2)26(16)10-9-20-4-3-11-31-20)22(27)14-29-24(28)19-7-5-18(6-8-19)23-13-25-15-30-23/h3-8,11-13,15H,9-10,14H2,1-2H3. The first-order chi connectivity index (χ1) is 15.0. The lowest BCUT2D eigenvalue weighted by Gasteiger charge is -2.09. The van der Waals surface area contributed by atoms with E-state index in [0.29, 0.717) is 16.9 Å². The molecular weight excluding hydrogens is 412 g/mol. The van der Waals surface area contributed by atoms with E-state index in [4.69, 9.17) is 9.15 Å². The van der Waals surface area contributed by atoms with Gasteiger partial charge in [-0.2, -0.15) is 0 Å². The second-order valence-corrected chi connectivity index (χ2v) is 8.24. The predicted molar refractivity (Wildman–Crippen MR) is 118 cm³/mol. The van der Waals surface area contributed by atoms with E-state index in [1.807, 2.05) is 26.0 Å². The van der Waals surface area contributed by atoms with Crippen molar-refractivity contribution in [1.82, 2.24) is 9.55 Å². The molecule has 31 heavy (non-hydrogen) atoms. The number of hydrogen-bond acceptors (Lipinski definition) is 6. The van der Waals surface area contributed by atoms with Crippen molar-refractivity contribution >= 4 is 23.1 Å². The summed E-state index contributed by atoms with van der Waals surface area (Å²) in [6, 6.07) is 12.8. The van der Waals surface area contributed by atoms with E-state index in [1.165, 1.54) is 11.3 Å². The van der Waals surface area contributed by atoms with Crippen LogP contribution >= 0.6 is 11.3 Å². The molecule has 0 saturated heterocycles. The van der Waals surface area contributed by atoms with Crippen molar-refractivity contribution in [1.29, 1.82) is 0 Å². The zero-order valence-electron chi connectivity index (χ0n) is 17.3. The van der Waals surface area contributed by atoms with Gasteiger partial charge < -0.3 is 13.7 Å². The Balaban J connectivity index is 1.37. The third kappa shape index (κ3) is 4.67. The number of benzene rings is 1. The highest BCUT2D eigenvalue weighted by Crippen LogP contribution is 2.20. The Morgan fingerprint density at radius 1 is 1.16 bits per heavy atom. The quantitative estimate of drug-likeness (QED) is 0.285. The summed E-state index contributed by atoms with van der Waals surface area (Å²) in [6.07, 6.45) is 3.87. The van der Waals surface area contributed by atoms with Gasteiger partial charge in [-0.05, 0) is 49.9 Å². The van der Waals surface area contributed by atoms with Gasteiger partial charge in [0.1, 0.15) is 0 Å². The summed E-state index contributed by atoms with van der Waals surface area (Å²) in [4.78, 5) is 30.2. The topological polar surface area (TPSA) is 74.3 Å². The van der Waals surface area contributed by atoms with Crippen LogP contribution in [0.4, 0.5) is 0 Å². The number of oxazole rings is 1. The zero-order valence-corrected chi connectivity index (χ0v) is 18.1. The summed E-state index contributed by atoms with van der Waals surface area (Å²) >= 11 is 1.73. The number of thiophene rings is 1. The molecule has 0 unspecified atom stereocenters.